The van der Waals surface area contributed by atoms with Crippen LogP contribution in [0.4, 0.5) is 4.39 Å². The summed E-state index contributed by atoms with van der Waals surface area (Å²) in [5.74, 6) is -0.904. The Hall–Kier alpha value is -2.52. The van der Waals surface area contributed by atoms with Crippen LogP contribution < -0.4 is 0 Å². The highest BCUT2D eigenvalue weighted by Gasteiger charge is 2.19. The molecular weight excluding hydrogens is 394 g/mol. The van der Waals surface area contributed by atoms with Gasteiger partial charge in [0.15, 0.2) is 0 Å². The number of halogens is 3. The van der Waals surface area contributed by atoms with E-state index >= 15 is 0 Å². The summed E-state index contributed by atoms with van der Waals surface area (Å²) in [6, 6.07) is 12.5. The van der Waals surface area contributed by atoms with E-state index in [1.54, 1.807) is 23.6 Å². The zero-order valence-corrected chi connectivity index (χ0v) is 15.4. The topological polar surface area (TPSA) is 53.8 Å². The molecule has 0 aliphatic carbocycles. The summed E-state index contributed by atoms with van der Waals surface area (Å²) in [7, 11) is 0. The van der Waals surface area contributed by atoms with Crippen LogP contribution in [0.25, 0.3) is 16.6 Å². The van der Waals surface area contributed by atoms with Crippen molar-refractivity contribution in [2.75, 3.05) is 0 Å². The van der Waals surface area contributed by atoms with Gasteiger partial charge in [0.05, 0.1) is 21.3 Å². The standard InChI is InChI=1S/C19H9Cl2FN2OS/c20-15-2-1-3-16(21)17(15)18(25)12(9-23)8-14-10-26-19(24-14)11-4-6-13(22)7-5-11/h1-8,10H/b12-8-. The van der Waals surface area contributed by atoms with Crippen molar-refractivity contribution in [3.8, 4) is 16.6 Å². The Morgan fingerprint density at radius 1 is 1.15 bits per heavy atom. The third-order valence-electron chi connectivity index (χ3n) is 3.46. The molecule has 0 bridgehead atoms. The molecule has 0 spiro atoms. The summed E-state index contributed by atoms with van der Waals surface area (Å²) in [6.45, 7) is 0. The van der Waals surface area contributed by atoms with Crippen molar-refractivity contribution < 1.29 is 9.18 Å². The summed E-state index contributed by atoms with van der Waals surface area (Å²) >= 11 is 13.4. The van der Waals surface area contributed by atoms with Gasteiger partial charge in [-0.2, -0.15) is 5.26 Å². The van der Waals surface area contributed by atoms with Gasteiger partial charge in [-0.3, -0.25) is 4.79 Å². The number of Topliss-reactive ketones (excluding diaryl/α,β-unsaturated/α-hetero) is 1. The van der Waals surface area contributed by atoms with Crippen molar-refractivity contribution >= 4 is 46.4 Å². The molecule has 0 radical (unpaired) electrons. The molecule has 1 aromatic heterocycles. The van der Waals surface area contributed by atoms with E-state index in [0.717, 1.165) is 5.56 Å². The number of ketones is 1. The average molecular weight is 403 g/mol. The molecule has 1 heterocycles. The number of nitrogens with zero attached hydrogens (tertiary/aromatic N) is 2. The fourth-order valence-electron chi connectivity index (χ4n) is 2.22. The minimum absolute atomic E-state index is 0.0811. The van der Waals surface area contributed by atoms with Gasteiger partial charge in [-0.25, -0.2) is 9.37 Å². The number of rotatable bonds is 4. The monoisotopic (exact) mass is 402 g/mol. The SMILES string of the molecule is N#C/C(=C/c1csc(-c2ccc(F)cc2)n1)C(=O)c1c(Cl)cccc1Cl. The van der Waals surface area contributed by atoms with Crippen molar-refractivity contribution in [2.45, 2.75) is 0 Å². The molecule has 0 fully saturated rings. The van der Waals surface area contributed by atoms with E-state index < -0.39 is 5.78 Å². The molecule has 0 atom stereocenters. The van der Waals surface area contributed by atoms with Crippen LogP contribution in [0.15, 0.2) is 53.4 Å². The second-order valence-electron chi connectivity index (χ2n) is 5.18. The zero-order chi connectivity index (χ0) is 18.7. The molecule has 0 aliphatic rings. The fourth-order valence-corrected chi connectivity index (χ4v) is 3.58. The van der Waals surface area contributed by atoms with Crippen molar-refractivity contribution in [1.82, 2.24) is 4.98 Å². The van der Waals surface area contributed by atoms with Gasteiger partial charge in [0, 0.05) is 10.9 Å². The van der Waals surface area contributed by atoms with Gasteiger partial charge in [-0.15, -0.1) is 11.3 Å². The third-order valence-corrected chi connectivity index (χ3v) is 5.00. The van der Waals surface area contributed by atoms with Gasteiger partial charge in [0.1, 0.15) is 22.5 Å². The fraction of sp³-hybridized carbons (Fsp3) is 0. The number of hydrogen-bond acceptors (Lipinski definition) is 4. The molecule has 26 heavy (non-hydrogen) atoms. The van der Waals surface area contributed by atoms with Gasteiger partial charge >= 0.3 is 0 Å². The van der Waals surface area contributed by atoms with E-state index in [9.17, 15) is 14.4 Å². The molecule has 128 valence electrons. The maximum atomic E-state index is 13.0. The number of nitriles is 1. The number of hydrogen-bond donors (Lipinski definition) is 0. The normalized spacial score (nSPS) is 11.2. The summed E-state index contributed by atoms with van der Waals surface area (Å²) in [5, 5.41) is 12.1. The number of carbonyl (C=O) groups is 1. The van der Waals surface area contributed by atoms with E-state index in [1.165, 1.54) is 41.7 Å². The molecule has 0 saturated carbocycles. The van der Waals surface area contributed by atoms with Crippen LogP contribution in [0, 0.1) is 17.1 Å². The van der Waals surface area contributed by atoms with Crippen LogP contribution in [0.3, 0.4) is 0 Å². The summed E-state index contributed by atoms with van der Waals surface area (Å²) in [6.07, 6.45) is 1.38. The third kappa shape index (κ3) is 3.83. The zero-order valence-electron chi connectivity index (χ0n) is 13.0. The number of allylic oxidation sites excluding steroid dienone is 1. The molecular formula is C19H9Cl2FN2OS. The Balaban J connectivity index is 1.94. The molecule has 2 aromatic carbocycles. The van der Waals surface area contributed by atoms with Crippen LogP contribution in [0.1, 0.15) is 16.1 Å². The van der Waals surface area contributed by atoms with Gasteiger partial charge in [-0.1, -0.05) is 29.3 Å². The van der Waals surface area contributed by atoms with Gasteiger partial charge in [-0.05, 0) is 42.5 Å². The van der Waals surface area contributed by atoms with Gasteiger partial charge in [0.2, 0.25) is 5.78 Å². The predicted molar refractivity (Wildman–Crippen MR) is 102 cm³/mol. The second kappa shape index (κ2) is 7.79. The minimum atomic E-state index is -0.570. The van der Waals surface area contributed by atoms with E-state index in [1.807, 2.05) is 6.07 Å². The van der Waals surface area contributed by atoms with E-state index in [0.29, 0.717) is 10.7 Å². The lowest BCUT2D eigenvalue weighted by Crippen LogP contribution is -2.04. The van der Waals surface area contributed by atoms with Crippen molar-refractivity contribution in [1.29, 1.82) is 5.26 Å². The van der Waals surface area contributed by atoms with Crippen LogP contribution in [0.5, 0.6) is 0 Å². The van der Waals surface area contributed by atoms with Crippen LogP contribution >= 0.6 is 34.5 Å². The predicted octanol–water partition coefficient (Wildman–Crippen LogP) is 6.05. The van der Waals surface area contributed by atoms with Gasteiger partial charge in [0.25, 0.3) is 0 Å². The van der Waals surface area contributed by atoms with Crippen LogP contribution in [-0.2, 0) is 0 Å². The molecule has 3 nitrogen and oxygen atoms in total. The van der Waals surface area contributed by atoms with Crippen LogP contribution in [0.2, 0.25) is 10.0 Å². The van der Waals surface area contributed by atoms with E-state index in [-0.39, 0.29) is 27.0 Å². The molecule has 3 rings (SSSR count). The molecule has 0 aliphatic heterocycles. The number of benzene rings is 2. The highest BCUT2D eigenvalue weighted by molar-refractivity contribution is 7.13. The Morgan fingerprint density at radius 3 is 2.42 bits per heavy atom. The first-order chi connectivity index (χ1) is 12.5. The molecule has 0 N–H and O–H groups in total. The molecule has 7 heteroatoms. The van der Waals surface area contributed by atoms with Crippen LogP contribution in [-0.4, -0.2) is 10.8 Å². The highest BCUT2D eigenvalue weighted by Crippen LogP contribution is 2.28. The Morgan fingerprint density at radius 2 is 1.81 bits per heavy atom. The quantitative estimate of drug-likeness (QED) is 0.303. The lowest BCUT2D eigenvalue weighted by atomic mass is 10.0. The largest absolute Gasteiger partial charge is 0.288 e. The van der Waals surface area contributed by atoms with Crippen molar-refractivity contribution in [3.05, 3.63) is 80.5 Å². The minimum Gasteiger partial charge on any atom is -0.288 e. The Kier molecular flexibility index (Phi) is 5.48. The average Bonchev–Trinajstić information content (AvgIpc) is 3.08. The number of carbonyl (C=O) groups excluding carboxylic acids is 1. The Labute approximate surface area is 163 Å². The second-order valence-corrected chi connectivity index (χ2v) is 6.85. The maximum Gasteiger partial charge on any atom is 0.206 e. The van der Waals surface area contributed by atoms with Gasteiger partial charge < -0.3 is 0 Å². The Bertz CT molecular complexity index is 1030. The highest BCUT2D eigenvalue weighted by atomic mass is 35.5. The first-order valence-electron chi connectivity index (χ1n) is 7.31. The smallest absolute Gasteiger partial charge is 0.206 e. The molecule has 3 aromatic rings. The summed E-state index contributed by atoms with van der Waals surface area (Å²) in [5.41, 5.74) is 1.14. The van der Waals surface area contributed by atoms with E-state index in [4.69, 9.17) is 23.2 Å². The lowest BCUT2D eigenvalue weighted by molar-refractivity contribution is 0.104. The van der Waals surface area contributed by atoms with Crippen molar-refractivity contribution in [2.24, 2.45) is 0 Å². The molecule has 0 unspecified atom stereocenters. The lowest BCUT2D eigenvalue weighted by Gasteiger charge is -2.04. The molecule has 0 amide bonds. The van der Waals surface area contributed by atoms with E-state index in [2.05, 4.69) is 4.98 Å². The number of thiazole rings is 1. The van der Waals surface area contributed by atoms with Crippen molar-refractivity contribution in [3.63, 3.8) is 0 Å². The maximum absolute atomic E-state index is 13.0. The first-order valence-corrected chi connectivity index (χ1v) is 8.95. The number of aromatic nitrogens is 1. The summed E-state index contributed by atoms with van der Waals surface area (Å²) in [4.78, 5) is 17.0. The summed E-state index contributed by atoms with van der Waals surface area (Å²) < 4.78 is 13.0. The molecule has 0 saturated heterocycles. The first kappa shape index (κ1) is 18.3.